The molecule has 6 heteroatoms. The Labute approximate surface area is 453 Å². The molecule has 0 atom stereocenters. The summed E-state index contributed by atoms with van der Waals surface area (Å²) in [7, 11) is -5.42. The van der Waals surface area contributed by atoms with Gasteiger partial charge in [-0.2, -0.15) is 0 Å². The molecule has 0 radical (unpaired) electrons. The molecule has 0 bridgehead atoms. The van der Waals surface area contributed by atoms with Crippen LogP contribution in [0, 0.1) is 38.5 Å². The van der Waals surface area contributed by atoms with Crippen molar-refractivity contribution in [3.63, 3.8) is 0 Å². The van der Waals surface area contributed by atoms with E-state index in [4.69, 9.17) is 12.8 Å². The van der Waals surface area contributed by atoms with Crippen LogP contribution in [0.3, 0.4) is 0 Å². The monoisotopic (exact) mass is 1160 g/mol. The zero-order chi connectivity index (χ0) is 47.4. The molecule has 2 aliphatic heterocycles. The van der Waals surface area contributed by atoms with Gasteiger partial charge in [0, 0.05) is 0 Å². The number of hydrogen-bond acceptors (Lipinski definition) is 0. The Morgan fingerprint density at radius 1 is 0.329 bits per heavy atom. The van der Waals surface area contributed by atoms with Gasteiger partial charge in [-0.1, -0.05) is 165 Å². The van der Waals surface area contributed by atoms with E-state index in [9.17, 15) is 0 Å². The number of rotatable bonds is 6. The minimum absolute atomic E-state index is 0. The predicted octanol–water partition coefficient (Wildman–Crippen LogP) is 10.1. The van der Waals surface area contributed by atoms with Crippen LogP contribution in [0.15, 0.2) is 218 Å². The van der Waals surface area contributed by atoms with Crippen molar-refractivity contribution in [3.05, 3.63) is 253 Å². The largest absolute Gasteiger partial charge is 1.00 e. The number of hydrogen-bond donors (Lipinski definition) is 0. The van der Waals surface area contributed by atoms with Crippen molar-refractivity contribution in [1.29, 1.82) is 0 Å². The van der Waals surface area contributed by atoms with Crippen LogP contribution >= 0.6 is 15.8 Å². The summed E-state index contributed by atoms with van der Waals surface area (Å²) in [5.41, 5.74) is 9.91. The molecule has 11 rings (SSSR count). The molecule has 0 amide bonds. The fraction of sp³-hybridized carbons (Fsp3) is 0.0938. The van der Waals surface area contributed by atoms with E-state index in [2.05, 4.69) is 258 Å². The van der Waals surface area contributed by atoms with Crippen LogP contribution in [0.25, 0.3) is 22.3 Å². The average Bonchev–Trinajstić information content (AvgIpc) is 3.75. The van der Waals surface area contributed by atoms with Gasteiger partial charge < -0.3 is 12.8 Å². The third-order valence-electron chi connectivity index (χ3n) is 13.9. The first-order valence-corrected chi connectivity index (χ1v) is 32.4. The van der Waals surface area contributed by atoms with Crippen LogP contribution < -0.4 is 52.6 Å². The molecule has 0 saturated carbocycles. The Hall–Kier alpha value is -5.13. The van der Waals surface area contributed by atoms with Gasteiger partial charge in [0.25, 0.3) is 0 Å². The van der Waals surface area contributed by atoms with Gasteiger partial charge in [-0.3, -0.25) is 11.8 Å². The Balaban J connectivity index is 0.000000168. The molecule has 0 fully saturated rings. The van der Waals surface area contributed by atoms with Gasteiger partial charge in [0.1, 0.15) is 63.8 Å². The second-order valence-electron chi connectivity index (χ2n) is 18.8. The maximum atomic E-state index is 7.26. The third-order valence-corrected chi connectivity index (χ3v) is 26.8. The third kappa shape index (κ3) is 10.6. The van der Waals surface area contributed by atoms with Crippen LogP contribution in [-0.2, 0) is 44.8 Å². The summed E-state index contributed by atoms with van der Waals surface area (Å²) in [6.45, 7) is 14.1. The minimum atomic E-state index is -1.55. The summed E-state index contributed by atoms with van der Waals surface area (Å²) in [6, 6.07) is 79.5. The molecule has 2 heterocycles. The van der Waals surface area contributed by atoms with Crippen LogP contribution in [0.5, 0.6) is 0 Å². The molecule has 2 aliphatic rings. The quantitative estimate of drug-likeness (QED) is 0.0674. The molecule has 350 valence electrons. The van der Waals surface area contributed by atoms with Crippen molar-refractivity contribution in [2.75, 3.05) is 0 Å². The summed E-state index contributed by atoms with van der Waals surface area (Å²) in [4.78, 5) is 0. The van der Waals surface area contributed by atoms with Gasteiger partial charge >= 0.3 is 44.8 Å². The summed E-state index contributed by atoms with van der Waals surface area (Å²) in [5, 5.41) is 14.7. The summed E-state index contributed by atoms with van der Waals surface area (Å²) < 4.78 is 0. The summed E-state index contributed by atoms with van der Waals surface area (Å²) in [5.74, 6) is 4.97. The molecular formula is C64H56Ag2P2Si2+2. The molecule has 0 nitrogen and oxygen atoms in total. The first-order valence-electron chi connectivity index (χ1n) is 23.4. The Bertz CT molecular complexity index is 3150. The van der Waals surface area contributed by atoms with Crippen LogP contribution in [0.4, 0.5) is 0 Å². The molecule has 0 unspecified atom stereocenters. The van der Waals surface area contributed by atoms with Crippen molar-refractivity contribution in [2.24, 2.45) is 0 Å². The van der Waals surface area contributed by atoms with Gasteiger partial charge in [-0.05, 0) is 123 Å². The Morgan fingerprint density at radius 3 is 1.06 bits per heavy atom. The molecule has 0 aliphatic carbocycles. The van der Waals surface area contributed by atoms with Gasteiger partial charge in [0.2, 0.25) is 0 Å². The number of fused-ring (bicyclic) bond motifs is 6. The van der Waals surface area contributed by atoms with Gasteiger partial charge in [-0.25, -0.2) is 0 Å². The molecular weight excluding hydrogens is 1100 g/mol. The second kappa shape index (κ2) is 23.0. The van der Waals surface area contributed by atoms with Crippen LogP contribution in [0.2, 0.25) is 26.2 Å². The first kappa shape index (κ1) is 52.7. The van der Waals surface area contributed by atoms with Crippen molar-refractivity contribution >= 4 is 84.6 Å². The molecule has 9 aromatic rings. The number of benzene rings is 9. The second-order valence-corrected chi connectivity index (χ2v) is 32.3. The molecule has 0 N–H and O–H groups in total. The predicted molar refractivity (Wildman–Crippen MR) is 306 cm³/mol. The Morgan fingerprint density at radius 2 is 0.643 bits per heavy atom. The minimum Gasteiger partial charge on any atom is -0.366 e. The van der Waals surface area contributed by atoms with Crippen molar-refractivity contribution < 1.29 is 44.8 Å². The van der Waals surface area contributed by atoms with Crippen molar-refractivity contribution in [1.82, 2.24) is 0 Å². The summed E-state index contributed by atoms with van der Waals surface area (Å²) >= 11 is 0. The van der Waals surface area contributed by atoms with E-state index in [-0.39, 0.29) is 44.8 Å². The zero-order valence-electron chi connectivity index (χ0n) is 40.4. The normalized spacial score (nSPS) is 12.7. The molecule has 0 spiro atoms. The maximum absolute atomic E-state index is 7.26. The Kier molecular flexibility index (Phi) is 17.3. The van der Waals surface area contributed by atoms with E-state index in [0.29, 0.717) is 0 Å². The topological polar surface area (TPSA) is 0 Å². The maximum Gasteiger partial charge on any atom is 1.00 e. The van der Waals surface area contributed by atoms with E-state index in [1.165, 1.54) is 86.0 Å². The fourth-order valence-corrected chi connectivity index (χ4v) is 22.5. The molecule has 0 saturated heterocycles. The van der Waals surface area contributed by atoms with E-state index < -0.39 is 32.0 Å². The van der Waals surface area contributed by atoms with Gasteiger partial charge in [0.15, 0.2) is 0 Å². The van der Waals surface area contributed by atoms with Gasteiger partial charge in [0.05, 0.1) is 0 Å². The SMILES string of the molecule is Cc1cc([PH+](c2ccccc2)c2ccccc2)c([PH+](c2ccccc2)c2ccccc2)cc1C.[Ag+].[Ag+].[C-]#Cc1ccc2c(c1)-c1ccccc1[Si]2(C)C.[C-]#Cc1ccc2c(c1)[Si](C)(C)c1ccccc1-2. The van der Waals surface area contributed by atoms with E-state index in [1.807, 2.05) is 12.1 Å². The number of aryl methyl sites for hydroxylation is 2. The van der Waals surface area contributed by atoms with Crippen molar-refractivity contribution in [2.45, 2.75) is 40.0 Å². The first-order chi connectivity index (χ1) is 33.0. The standard InChI is InChI=1S/C32H28P2.2C16H13Si.2Ag/c1-25-23-31(33(27-15-7-3-8-16-27)28-17-9-4-10-18-28)32(24-26(25)2)34(29-19-11-5-12-20-29)30-21-13-6-14-22-30;1-4-12-9-10-16-14(11-12)13-7-5-6-8-15(13)17(16,2)3;1-4-12-9-10-14-13-7-5-6-8-15(13)17(2,3)16(14)11-12;;/h3-24H,1-2H3;2*5-11H,2-3H3;;/q;2*-1;2*+1/p+2. The zero-order valence-corrected chi connectivity index (χ0v) is 47.4. The van der Waals surface area contributed by atoms with Gasteiger partial charge in [-0.15, -0.1) is 35.4 Å². The van der Waals surface area contributed by atoms with E-state index in [0.717, 1.165) is 11.1 Å². The van der Waals surface area contributed by atoms with Crippen LogP contribution in [0.1, 0.15) is 22.3 Å². The van der Waals surface area contributed by atoms with E-state index >= 15 is 0 Å². The van der Waals surface area contributed by atoms with E-state index in [1.54, 1.807) is 0 Å². The van der Waals surface area contributed by atoms with Crippen LogP contribution in [-0.4, -0.2) is 16.1 Å². The molecule has 70 heavy (non-hydrogen) atoms. The average molecular weight is 1160 g/mol. The smallest absolute Gasteiger partial charge is 0.366 e. The molecule has 0 aromatic heterocycles. The molecule has 9 aromatic carbocycles. The summed E-state index contributed by atoms with van der Waals surface area (Å²) in [6.07, 6.45) is 14.5. The fourth-order valence-electron chi connectivity index (χ4n) is 10.2. The van der Waals surface area contributed by atoms with Crippen molar-refractivity contribution in [3.8, 4) is 34.1 Å².